The molecule has 1 rings (SSSR count). The number of rotatable bonds is 6. The Morgan fingerprint density at radius 3 is 2.37 bits per heavy atom. The highest BCUT2D eigenvalue weighted by molar-refractivity contribution is 7.92. The van der Waals surface area contributed by atoms with Crippen LogP contribution in [0.5, 0.6) is 0 Å². The van der Waals surface area contributed by atoms with Crippen molar-refractivity contribution in [3.63, 3.8) is 0 Å². The lowest BCUT2D eigenvalue weighted by Crippen LogP contribution is -2.19. The van der Waals surface area contributed by atoms with Crippen molar-refractivity contribution in [1.29, 1.82) is 0 Å². The summed E-state index contributed by atoms with van der Waals surface area (Å²) >= 11 is 5.41. The summed E-state index contributed by atoms with van der Waals surface area (Å²) in [6.07, 6.45) is -3.81. The third-order valence-electron chi connectivity index (χ3n) is 2.29. The van der Waals surface area contributed by atoms with Crippen LogP contribution in [0, 0.1) is 0 Å². The van der Waals surface area contributed by atoms with Crippen LogP contribution in [0.15, 0.2) is 24.3 Å². The first-order valence-corrected chi connectivity index (χ1v) is 7.67. The summed E-state index contributed by atoms with van der Waals surface area (Å²) < 4.78 is 63.3. The van der Waals surface area contributed by atoms with Crippen LogP contribution in [-0.2, 0) is 16.2 Å². The number of nitrogens with one attached hydrogen (secondary N) is 1. The summed E-state index contributed by atoms with van der Waals surface area (Å²) in [5, 5.41) is 0. The Hall–Kier alpha value is -0.950. The van der Waals surface area contributed by atoms with E-state index in [4.69, 9.17) is 11.6 Å². The first kappa shape index (κ1) is 16.1. The topological polar surface area (TPSA) is 46.2 Å². The minimum Gasteiger partial charge on any atom is -0.283 e. The molecule has 0 bridgehead atoms. The van der Waals surface area contributed by atoms with E-state index in [0.29, 0.717) is 18.7 Å². The molecule has 0 spiro atoms. The van der Waals surface area contributed by atoms with Gasteiger partial charge in [-0.05, 0) is 25.0 Å². The van der Waals surface area contributed by atoms with E-state index in [2.05, 4.69) is 0 Å². The van der Waals surface area contributed by atoms with E-state index in [-0.39, 0.29) is 5.75 Å². The standard InChI is InChI=1S/C11H13ClF3NO2S/c12-7-3-4-8-19(17,18)16-10-6-2-1-5-9(10)11(13,14)15/h1-2,5-6,16H,3-4,7-8H2. The molecule has 0 saturated heterocycles. The Morgan fingerprint density at radius 2 is 1.79 bits per heavy atom. The Kier molecular flexibility index (Phi) is 5.49. The average Bonchev–Trinajstić information content (AvgIpc) is 2.27. The molecule has 108 valence electrons. The number of anilines is 1. The highest BCUT2D eigenvalue weighted by atomic mass is 35.5. The summed E-state index contributed by atoms with van der Waals surface area (Å²) in [5.74, 6) is 0.0561. The van der Waals surface area contributed by atoms with Gasteiger partial charge >= 0.3 is 6.18 Å². The van der Waals surface area contributed by atoms with Crippen molar-refractivity contribution in [3.05, 3.63) is 29.8 Å². The SMILES string of the molecule is O=S(=O)(CCCCCl)Nc1ccccc1C(F)(F)F. The van der Waals surface area contributed by atoms with Gasteiger partial charge in [0.25, 0.3) is 0 Å². The van der Waals surface area contributed by atoms with Crippen LogP contribution in [-0.4, -0.2) is 20.1 Å². The van der Waals surface area contributed by atoms with Crippen LogP contribution >= 0.6 is 11.6 Å². The number of alkyl halides is 4. The molecule has 0 radical (unpaired) electrons. The number of hydrogen-bond acceptors (Lipinski definition) is 2. The fourth-order valence-electron chi connectivity index (χ4n) is 1.42. The normalized spacial score (nSPS) is 12.4. The molecule has 0 aliphatic carbocycles. The van der Waals surface area contributed by atoms with Crippen LogP contribution in [0.25, 0.3) is 0 Å². The summed E-state index contributed by atoms with van der Waals surface area (Å²) in [5.41, 5.74) is -1.46. The van der Waals surface area contributed by atoms with Crippen LogP contribution in [0.2, 0.25) is 0 Å². The predicted octanol–water partition coefficient (Wildman–Crippen LogP) is 3.47. The van der Waals surface area contributed by atoms with Gasteiger partial charge in [-0.3, -0.25) is 4.72 Å². The molecule has 19 heavy (non-hydrogen) atoms. The van der Waals surface area contributed by atoms with Gasteiger partial charge in [-0.15, -0.1) is 11.6 Å². The smallest absolute Gasteiger partial charge is 0.283 e. The zero-order valence-electron chi connectivity index (χ0n) is 9.87. The quantitative estimate of drug-likeness (QED) is 0.645. The van der Waals surface area contributed by atoms with Gasteiger partial charge in [0.2, 0.25) is 10.0 Å². The van der Waals surface area contributed by atoms with E-state index in [1.165, 1.54) is 12.1 Å². The lowest BCUT2D eigenvalue weighted by molar-refractivity contribution is -0.136. The van der Waals surface area contributed by atoms with E-state index in [9.17, 15) is 21.6 Å². The van der Waals surface area contributed by atoms with Gasteiger partial charge in [-0.1, -0.05) is 12.1 Å². The minimum absolute atomic E-state index is 0.258. The van der Waals surface area contributed by atoms with Crippen molar-refractivity contribution in [2.45, 2.75) is 19.0 Å². The van der Waals surface area contributed by atoms with Crippen molar-refractivity contribution in [3.8, 4) is 0 Å². The van der Waals surface area contributed by atoms with Crippen LogP contribution in [0.1, 0.15) is 18.4 Å². The highest BCUT2D eigenvalue weighted by Gasteiger charge is 2.34. The first-order valence-electron chi connectivity index (χ1n) is 5.49. The summed E-state index contributed by atoms with van der Waals surface area (Å²) in [7, 11) is -3.80. The van der Waals surface area contributed by atoms with Gasteiger partial charge in [-0.2, -0.15) is 13.2 Å². The molecule has 1 aromatic carbocycles. The lowest BCUT2D eigenvalue weighted by Gasteiger charge is -2.14. The van der Waals surface area contributed by atoms with Crippen molar-refractivity contribution in [1.82, 2.24) is 0 Å². The van der Waals surface area contributed by atoms with Crippen LogP contribution < -0.4 is 4.72 Å². The maximum atomic E-state index is 12.7. The monoisotopic (exact) mass is 315 g/mol. The van der Waals surface area contributed by atoms with E-state index in [1.54, 1.807) is 0 Å². The van der Waals surface area contributed by atoms with Crippen molar-refractivity contribution in [2.75, 3.05) is 16.4 Å². The number of hydrogen-bond donors (Lipinski definition) is 1. The minimum atomic E-state index is -4.60. The fourth-order valence-corrected chi connectivity index (χ4v) is 2.81. The molecule has 0 aliphatic rings. The number of para-hydroxylation sites is 1. The third kappa shape index (κ3) is 5.28. The molecule has 1 N–H and O–H groups in total. The maximum absolute atomic E-state index is 12.7. The molecule has 0 atom stereocenters. The fraction of sp³-hybridized carbons (Fsp3) is 0.455. The van der Waals surface area contributed by atoms with Crippen LogP contribution in [0.4, 0.5) is 18.9 Å². The van der Waals surface area contributed by atoms with Gasteiger partial charge in [0.1, 0.15) is 0 Å². The molecule has 0 saturated carbocycles. The molecule has 1 aromatic rings. The number of benzene rings is 1. The van der Waals surface area contributed by atoms with E-state index < -0.39 is 27.5 Å². The highest BCUT2D eigenvalue weighted by Crippen LogP contribution is 2.34. The van der Waals surface area contributed by atoms with Gasteiger partial charge in [0.05, 0.1) is 17.0 Å². The number of sulfonamides is 1. The molecular formula is C11H13ClF3NO2S. The molecule has 0 unspecified atom stereocenters. The Morgan fingerprint density at radius 1 is 1.16 bits per heavy atom. The van der Waals surface area contributed by atoms with Gasteiger partial charge in [0.15, 0.2) is 0 Å². The maximum Gasteiger partial charge on any atom is 0.418 e. The van der Waals surface area contributed by atoms with Gasteiger partial charge < -0.3 is 0 Å². The molecule has 0 fully saturated rings. The molecule has 3 nitrogen and oxygen atoms in total. The Balaban J connectivity index is 2.88. The van der Waals surface area contributed by atoms with E-state index in [0.717, 1.165) is 12.1 Å². The van der Waals surface area contributed by atoms with Crippen molar-refractivity contribution in [2.24, 2.45) is 0 Å². The summed E-state index contributed by atoms with van der Waals surface area (Å²) in [6.45, 7) is 0. The molecular weight excluding hydrogens is 303 g/mol. The van der Waals surface area contributed by atoms with Crippen molar-refractivity contribution < 1.29 is 21.6 Å². The van der Waals surface area contributed by atoms with E-state index in [1.807, 2.05) is 4.72 Å². The predicted molar refractivity (Wildman–Crippen MR) is 68.8 cm³/mol. The van der Waals surface area contributed by atoms with Gasteiger partial charge in [0, 0.05) is 5.88 Å². The zero-order chi connectivity index (χ0) is 14.5. The number of halogens is 4. The average molecular weight is 316 g/mol. The summed E-state index contributed by atoms with van der Waals surface area (Å²) in [6, 6.07) is 4.46. The Labute approximate surface area is 114 Å². The second-order valence-corrected chi connectivity index (χ2v) is 6.08. The summed E-state index contributed by atoms with van der Waals surface area (Å²) in [4.78, 5) is 0. The molecule has 0 amide bonds. The van der Waals surface area contributed by atoms with Crippen molar-refractivity contribution >= 4 is 27.3 Å². The second kappa shape index (κ2) is 6.47. The number of unbranched alkanes of at least 4 members (excludes halogenated alkanes) is 1. The zero-order valence-corrected chi connectivity index (χ0v) is 11.4. The molecule has 0 aliphatic heterocycles. The third-order valence-corrected chi connectivity index (χ3v) is 3.92. The lowest BCUT2D eigenvalue weighted by atomic mass is 10.2. The molecule has 0 aromatic heterocycles. The van der Waals surface area contributed by atoms with Crippen LogP contribution in [0.3, 0.4) is 0 Å². The van der Waals surface area contributed by atoms with Gasteiger partial charge in [-0.25, -0.2) is 8.42 Å². The Bertz CT molecular complexity index is 517. The molecule has 0 heterocycles. The largest absolute Gasteiger partial charge is 0.418 e. The second-order valence-electron chi connectivity index (χ2n) is 3.86. The van der Waals surface area contributed by atoms with E-state index >= 15 is 0 Å². The molecule has 8 heteroatoms. The first-order chi connectivity index (χ1) is 8.76.